The number of aliphatic hydroxyl groups excluding tert-OH is 1. The van der Waals surface area contributed by atoms with Crippen molar-refractivity contribution in [2.75, 3.05) is 19.7 Å². The zero-order valence-corrected chi connectivity index (χ0v) is 12.5. The predicted molar refractivity (Wildman–Crippen MR) is 78.9 cm³/mol. The molecule has 1 aromatic carbocycles. The summed E-state index contributed by atoms with van der Waals surface area (Å²) < 4.78 is 26.2. The molecular weight excluding hydrogens is 292 g/mol. The Morgan fingerprint density at radius 2 is 1.95 bits per heavy atom. The molecule has 1 aromatic rings. The molecule has 0 aromatic heterocycles. The molecule has 0 atom stereocenters. The summed E-state index contributed by atoms with van der Waals surface area (Å²) in [6.45, 7) is 1.87. The van der Waals surface area contributed by atoms with E-state index in [9.17, 15) is 13.2 Å². The highest BCUT2D eigenvalue weighted by atomic mass is 32.2. The second kappa shape index (κ2) is 8.42. The van der Waals surface area contributed by atoms with Gasteiger partial charge in [-0.25, -0.2) is 13.1 Å². The van der Waals surface area contributed by atoms with Gasteiger partial charge in [0.1, 0.15) is 6.61 Å². The molecule has 0 aliphatic heterocycles. The number of nitrogens with one attached hydrogen (secondary N) is 2. The lowest BCUT2D eigenvalue weighted by molar-refractivity contribution is -0.119. The first-order chi connectivity index (χ1) is 9.99. The third-order valence-electron chi connectivity index (χ3n) is 2.47. The van der Waals surface area contributed by atoms with Crippen LogP contribution in [0, 0.1) is 11.8 Å². The zero-order chi connectivity index (χ0) is 15.7. The van der Waals surface area contributed by atoms with Crippen LogP contribution in [-0.2, 0) is 14.8 Å². The summed E-state index contributed by atoms with van der Waals surface area (Å²) in [4.78, 5) is 11.4. The topological polar surface area (TPSA) is 95.5 Å². The molecule has 1 rings (SSSR count). The van der Waals surface area contributed by atoms with Crippen molar-refractivity contribution in [1.29, 1.82) is 0 Å². The Kier molecular flexibility index (Phi) is 6.88. The van der Waals surface area contributed by atoms with E-state index in [1.54, 1.807) is 0 Å². The summed E-state index contributed by atoms with van der Waals surface area (Å²) in [5.74, 6) is 4.77. The number of sulfonamides is 1. The molecule has 0 bridgehead atoms. The molecule has 7 heteroatoms. The van der Waals surface area contributed by atoms with Gasteiger partial charge in [-0.2, -0.15) is 0 Å². The minimum Gasteiger partial charge on any atom is -0.384 e. The number of amides is 1. The third kappa shape index (κ3) is 5.95. The molecule has 21 heavy (non-hydrogen) atoms. The summed E-state index contributed by atoms with van der Waals surface area (Å²) in [7, 11) is -3.73. The Hall–Kier alpha value is -1.88. The van der Waals surface area contributed by atoms with Gasteiger partial charge in [0, 0.05) is 12.1 Å². The molecule has 0 fully saturated rings. The molecule has 0 radical (unpaired) electrons. The lowest BCUT2D eigenvalue weighted by Crippen LogP contribution is -2.37. The van der Waals surface area contributed by atoms with Crippen molar-refractivity contribution < 1.29 is 18.3 Å². The molecule has 0 unspecified atom stereocenters. The normalized spacial score (nSPS) is 10.6. The maximum Gasteiger partial charge on any atom is 0.241 e. The van der Waals surface area contributed by atoms with E-state index < -0.39 is 10.0 Å². The van der Waals surface area contributed by atoms with Crippen molar-refractivity contribution in [3.63, 3.8) is 0 Å². The summed E-state index contributed by atoms with van der Waals surface area (Å²) in [5, 5.41) is 11.2. The van der Waals surface area contributed by atoms with E-state index in [-0.39, 0.29) is 24.0 Å². The van der Waals surface area contributed by atoms with Crippen LogP contribution < -0.4 is 10.0 Å². The second-order valence-corrected chi connectivity index (χ2v) is 5.93. The van der Waals surface area contributed by atoms with Gasteiger partial charge < -0.3 is 10.4 Å². The minimum absolute atomic E-state index is 0.0559. The summed E-state index contributed by atoms with van der Waals surface area (Å²) >= 11 is 0. The number of rotatable bonds is 6. The first kappa shape index (κ1) is 17.2. The van der Waals surface area contributed by atoms with Crippen molar-refractivity contribution in [2.24, 2.45) is 0 Å². The van der Waals surface area contributed by atoms with Crippen LogP contribution in [0.25, 0.3) is 0 Å². The first-order valence-electron chi connectivity index (χ1n) is 6.45. The van der Waals surface area contributed by atoms with Crippen molar-refractivity contribution in [3.8, 4) is 11.8 Å². The number of hydrogen-bond acceptors (Lipinski definition) is 4. The Bertz CT molecular complexity index is 627. The van der Waals surface area contributed by atoms with Crippen LogP contribution in [0.4, 0.5) is 0 Å². The highest BCUT2D eigenvalue weighted by molar-refractivity contribution is 7.89. The zero-order valence-electron chi connectivity index (χ0n) is 11.7. The average molecular weight is 310 g/mol. The van der Waals surface area contributed by atoms with E-state index >= 15 is 0 Å². The third-order valence-corrected chi connectivity index (χ3v) is 3.89. The minimum atomic E-state index is -3.73. The van der Waals surface area contributed by atoms with Gasteiger partial charge in [-0.05, 0) is 30.7 Å². The van der Waals surface area contributed by atoms with Crippen LogP contribution in [0.15, 0.2) is 29.2 Å². The van der Waals surface area contributed by atoms with E-state index in [0.717, 1.165) is 6.42 Å². The van der Waals surface area contributed by atoms with Gasteiger partial charge in [-0.15, -0.1) is 0 Å². The molecule has 1 amide bonds. The maximum absolute atomic E-state index is 12.0. The number of carbonyl (C=O) groups is 1. The monoisotopic (exact) mass is 310 g/mol. The SMILES string of the molecule is CCCNC(=O)CNS(=O)(=O)c1ccc(C#CCO)cc1. The number of benzene rings is 1. The van der Waals surface area contributed by atoms with E-state index in [2.05, 4.69) is 21.9 Å². The molecular formula is C14H18N2O4S. The quantitative estimate of drug-likeness (QED) is 0.636. The fourth-order valence-corrected chi connectivity index (χ4v) is 2.41. The van der Waals surface area contributed by atoms with Crippen molar-refractivity contribution in [3.05, 3.63) is 29.8 Å². The number of aliphatic hydroxyl groups is 1. The van der Waals surface area contributed by atoms with E-state index in [1.807, 2.05) is 6.92 Å². The van der Waals surface area contributed by atoms with Gasteiger partial charge in [-0.1, -0.05) is 18.8 Å². The van der Waals surface area contributed by atoms with Crippen molar-refractivity contribution >= 4 is 15.9 Å². The summed E-state index contributed by atoms with van der Waals surface area (Å²) in [6, 6.07) is 5.87. The average Bonchev–Trinajstić information content (AvgIpc) is 2.49. The Balaban J connectivity index is 2.68. The molecule has 0 heterocycles. The molecule has 0 aliphatic carbocycles. The molecule has 3 N–H and O–H groups in total. The summed E-state index contributed by atoms with van der Waals surface area (Å²) in [6.07, 6.45) is 0.787. The maximum atomic E-state index is 12.0. The fourth-order valence-electron chi connectivity index (χ4n) is 1.43. The van der Waals surface area contributed by atoms with Gasteiger partial charge in [0.2, 0.25) is 15.9 Å². The lowest BCUT2D eigenvalue weighted by atomic mass is 10.2. The molecule has 114 valence electrons. The molecule has 6 nitrogen and oxygen atoms in total. The van der Waals surface area contributed by atoms with E-state index in [1.165, 1.54) is 24.3 Å². The highest BCUT2D eigenvalue weighted by Crippen LogP contribution is 2.09. The van der Waals surface area contributed by atoms with Crippen molar-refractivity contribution in [1.82, 2.24) is 10.0 Å². The second-order valence-electron chi connectivity index (χ2n) is 4.16. The van der Waals surface area contributed by atoms with Crippen LogP contribution in [-0.4, -0.2) is 39.1 Å². The Labute approximate surface area is 124 Å². The first-order valence-corrected chi connectivity index (χ1v) is 7.94. The molecule has 0 spiro atoms. The molecule has 0 aliphatic rings. The van der Waals surface area contributed by atoms with Gasteiger partial charge in [0.05, 0.1) is 11.4 Å². The van der Waals surface area contributed by atoms with Gasteiger partial charge >= 0.3 is 0 Å². The molecule has 0 saturated carbocycles. The van der Waals surface area contributed by atoms with Crippen LogP contribution in [0.2, 0.25) is 0 Å². The van der Waals surface area contributed by atoms with Crippen LogP contribution >= 0.6 is 0 Å². The van der Waals surface area contributed by atoms with E-state index in [0.29, 0.717) is 12.1 Å². The Morgan fingerprint density at radius 3 is 2.52 bits per heavy atom. The van der Waals surface area contributed by atoms with Crippen LogP contribution in [0.3, 0.4) is 0 Å². The van der Waals surface area contributed by atoms with Gasteiger partial charge in [-0.3, -0.25) is 4.79 Å². The Morgan fingerprint density at radius 1 is 1.29 bits per heavy atom. The molecule has 0 saturated heterocycles. The largest absolute Gasteiger partial charge is 0.384 e. The van der Waals surface area contributed by atoms with Gasteiger partial charge in [0.15, 0.2) is 0 Å². The summed E-state index contributed by atoms with van der Waals surface area (Å²) in [5.41, 5.74) is 0.601. The van der Waals surface area contributed by atoms with Crippen LogP contribution in [0.5, 0.6) is 0 Å². The van der Waals surface area contributed by atoms with E-state index in [4.69, 9.17) is 5.11 Å². The lowest BCUT2D eigenvalue weighted by Gasteiger charge is -2.07. The van der Waals surface area contributed by atoms with Gasteiger partial charge in [0.25, 0.3) is 0 Å². The predicted octanol–water partition coefficient (Wildman–Crippen LogP) is -0.165. The fraction of sp³-hybridized carbons (Fsp3) is 0.357. The van der Waals surface area contributed by atoms with Crippen LogP contribution in [0.1, 0.15) is 18.9 Å². The smallest absolute Gasteiger partial charge is 0.241 e. The highest BCUT2D eigenvalue weighted by Gasteiger charge is 2.14. The standard InChI is InChI=1S/C14H18N2O4S/c1-2-9-15-14(18)11-16-21(19,20)13-7-5-12(6-8-13)4-3-10-17/h5-8,16-17H,2,9-11H2,1H3,(H,15,18). The number of hydrogen-bond donors (Lipinski definition) is 3. The van der Waals surface area contributed by atoms with Crippen molar-refractivity contribution in [2.45, 2.75) is 18.2 Å². The number of carbonyl (C=O) groups excluding carboxylic acids is 1.